The lowest BCUT2D eigenvalue weighted by Gasteiger charge is -2.29. The second kappa shape index (κ2) is 15.4. The maximum absolute atomic E-state index is 13.7. The smallest absolute Gasteiger partial charge is 0.243 e. The van der Waals surface area contributed by atoms with Gasteiger partial charge in [-0.15, -0.1) is 0 Å². The fraction of sp³-hybridized carbons (Fsp3) is 0.344. The van der Waals surface area contributed by atoms with Crippen molar-refractivity contribution < 1.29 is 19.1 Å². The Bertz CT molecular complexity index is 1230. The highest BCUT2D eigenvalue weighted by molar-refractivity contribution is 5.92. The molecule has 0 saturated carbocycles. The van der Waals surface area contributed by atoms with Crippen molar-refractivity contribution >= 4 is 17.7 Å². The van der Waals surface area contributed by atoms with E-state index < -0.39 is 12.1 Å². The van der Waals surface area contributed by atoms with Gasteiger partial charge in [-0.25, -0.2) is 0 Å². The zero-order chi connectivity index (χ0) is 28.9. The number of nitrogens with zero attached hydrogens (tertiary/aromatic N) is 1. The van der Waals surface area contributed by atoms with Gasteiger partial charge < -0.3 is 26.0 Å². The van der Waals surface area contributed by atoms with Gasteiger partial charge in [0.1, 0.15) is 17.8 Å². The summed E-state index contributed by atoms with van der Waals surface area (Å²) in [6, 6.07) is 23.1. The SMILES string of the molecule is CCOc1ccc(CC(C(=O)NC(Cc2ccccc2)C(=O)NCc2ccc(CN)cc2)N(C)C(=O)CC)cc1. The van der Waals surface area contributed by atoms with E-state index in [2.05, 4.69) is 10.6 Å². The van der Waals surface area contributed by atoms with Crippen LogP contribution < -0.4 is 21.1 Å². The number of hydrogen-bond acceptors (Lipinski definition) is 5. The Balaban J connectivity index is 1.79. The molecule has 3 rings (SSSR count). The Morgan fingerprint density at radius 3 is 2.00 bits per heavy atom. The van der Waals surface area contributed by atoms with Gasteiger partial charge in [-0.2, -0.15) is 0 Å². The Morgan fingerprint density at radius 1 is 0.800 bits per heavy atom. The van der Waals surface area contributed by atoms with Gasteiger partial charge in [-0.1, -0.05) is 73.7 Å². The minimum Gasteiger partial charge on any atom is -0.494 e. The van der Waals surface area contributed by atoms with Crippen LogP contribution in [0.5, 0.6) is 5.75 Å². The number of carbonyl (C=O) groups excluding carboxylic acids is 3. The van der Waals surface area contributed by atoms with Crippen LogP contribution in [0.2, 0.25) is 0 Å². The topological polar surface area (TPSA) is 114 Å². The summed E-state index contributed by atoms with van der Waals surface area (Å²) in [5.41, 5.74) is 9.41. The molecule has 2 unspecified atom stereocenters. The van der Waals surface area contributed by atoms with Crippen LogP contribution in [0, 0.1) is 0 Å². The van der Waals surface area contributed by atoms with E-state index in [-0.39, 0.29) is 24.1 Å². The lowest BCUT2D eigenvalue weighted by atomic mass is 10.0. The Morgan fingerprint density at radius 2 is 1.40 bits per heavy atom. The van der Waals surface area contributed by atoms with Crippen molar-refractivity contribution in [2.24, 2.45) is 5.73 Å². The van der Waals surface area contributed by atoms with Crippen molar-refractivity contribution in [1.82, 2.24) is 15.5 Å². The highest BCUT2D eigenvalue weighted by Gasteiger charge is 2.30. The van der Waals surface area contributed by atoms with Gasteiger partial charge in [0.15, 0.2) is 0 Å². The maximum Gasteiger partial charge on any atom is 0.243 e. The number of ether oxygens (including phenoxy) is 1. The van der Waals surface area contributed by atoms with Crippen LogP contribution in [0.3, 0.4) is 0 Å². The van der Waals surface area contributed by atoms with Gasteiger partial charge in [0.25, 0.3) is 0 Å². The molecule has 2 atom stereocenters. The van der Waals surface area contributed by atoms with Gasteiger partial charge in [0.2, 0.25) is 17.7 Å². The fourth-order valence-corrected chi connectivity index (χ4v) is 4.37. The molecule has 0 aliphatic heterocycles. The number of carbonyl (C=O) groups is 3. The van der Waals surface area contributed by atoms with Crippen LogP contribution >= 0.6 is 0 Å². The van der Waals surface area contributed by atoms with E-state index in [1.54, 1.807) is 14.0 Å². The highest BCUT2D eigenvalue weighted by atomic mass is 16.5. The van der Waals surface area contributed by atoms with Gasteiger partial charge in [-0.3, -0.25) is 14.4 Å². The second-order valence-electron chi connectivity index (χ2n) is 9.64. The molecule has 3 aromatic rings. The first-order valence-electron chi connectivity index (χ1n) is 13.7. The molecule has 40 heavy (non-hydrogen) atoms. The highest BCUT2D eigenvalue weighted by Crippen LogP contribution is 2.16. The van der Waals surface area contributed by atoms with E-state index >= 15 is 0 Å². The third kappa shape index (κ3) is 8.95. The van der Waals surface area contributed by atoms with Crippen LogP contribution in [0.25, 0.3) is 0 Å². The Hall–Kier alpha value is -4.17. The number of nitrogens with one attached hydrogen (secondary N) is 2. The second-order valence-corrected chi connectivity index (χ2v) is 9.64. The summed E-state index contributed by atoms with van der Waals surface area (Å²) >= 11 is 0. The van der Waals surface area contributed by atoms with Crippen LogP contribution in [-0.4, -0.2) is 48.4 Å². The first kappa shape index (κ1) is 30.4. The molecule has 0 radical (unpaired) electrons. The molecular formula is C32H40N4O4. The average molecular weight is 545 g/mol. The minimum absolute atomic E-state index is 0.156. The van der Waals surface area contributed by atoms with Crippen molar-refractivity contribution in [1.29, 1.82) is 0 Å². The van der Waals surface area contributed by atoms with E-state index in [1.807, 2.05) is 85.8 Å². The molecule has 8 nitrogen and oxygen atoms in total. The number of benzene rings is 3. The molecule has 0 aromatic heterocycles. The molecule has 0 bridgehead atoms. The van der Waals surface area contributed by atoms with Gasteiger partial charge in [0, 0.05) is 39.4 Å². The van der Waals surface area contributed by atoms with E-state index in [4.69, 9.17) is 10.5 Å². The predicted molar refractivity (Wildman–Crippen MR) is 156 cm³/mol. The molecule has 0 fully saturated rings. The first-order chi connectivity index (χ1) is 19.3. The van der Waals surface area contributed by atoms with Gasteiger partial charge >= 0.3 is 0 Å². The molecule has 8 heteroatoms. The summed E-state index contributed by atoms with van der Waals surface area (Å²) in [6.45, 7) is 5.00. The quantitative estimate of drug-likeness (QED) is 0.288. The number of amides is 3. The van der Waals surface area contributed by atoms with Crippen LogP contribution in [0.1, 0.15) is 42.5 Å². The zero-order valence-electron chi connectivity index (χ0n) is 23.6. The molecule has 0 aliphatic rings. The van der Waals surface area contributed by atoms with Crippen molar-refractivity contribution in [2.45, 2.75) is 58.3 Å². The maximum atomic E-state index is 13.7. The summed E-state index contributed by atoms with van der Waals surface area (Å²) in [5.74, 6) is -0.107. The van der Waals surface area contributed by atoms with E-state index in [1.165, 1.54) is 4.90 Å². The lowest BCUT2D eigenvalue weighted by Crippen LogP contribution is -2.55. The normalized spacial score (nSPS) is 12.2. The third-order valence-electron chi connectivity index (χ3n) is 6.77. The van der Waals surface area contributed by atoms with Gasteiger partial charge in [-0.05, 0) is 41.3 Å². The van der Waals surface area contributed by atoms with Crippen molar-refractivity contribution in [3.63, 3.8) is 0 Å². The summed E-state index contributed by atoms with van der Waals surface area (Å²) in [5, 5.41) is 5.90. The van der Waals surface area contributed by atoms with E-state index in [0.717, 1.165) is 28.0 Å². The summed E-state index contributed by atoms with van der Waals surface area (Å²) in [6.07, 6.45) is 0.875. The van der Waals surface area contributed by atoms with Crippen molar-refractivity contribution in [3.8, 4) is 5.75 Å². The zero-order valence-corrected chi connectivity index (χ0v) is 23.6. The predicted octanol–water partition coefficient (Wildman–Crippen LogP) is 3.37. The Labute approximate surface area is 236 Å². The fourth-order valence-electron chi connectivity index (χ4n) is 4.37. The monoisotopic (exact) mass is 544 g/mol. The van der Waals surface area contributed by atoms with E-state index in [0.29, 0.717) is 32.5 Å². The third-order valence-corrected chi connectivity index (χ3v) is 6.77. The molecule has 212 valence electrons. The molecule has 0 spiro atoms. The molecule has 0 heterocycles. The number of rotatable bonds is 14. The minimum atomic E-state index is -0.828. The van der Waals surface area contributed by atoms with E-state index in [9.17, 15) is 14.4 Å². The molecular weight excluding hydrogens is 504 g/mol. The van der Waals surface area contributed by atoms with Crippen molar-refractivity contribution in [2.75, 3.05) is 13.7 Å². The first-order valence-corrected chi connectivity index (χ1v) is 13.7. The molecule has 4 N–H and O–H groups in total. The van der Waals surface area contributed by atoms with Crippen LogP contribution in [0.4, 0.5) is 0 Å². The molecule has 3 amide bonds. The number of hydrogen-bond donors (Lipinski definition) is 3. The van der Waals surface area contributed by atoms with Crippen molar-refractivity contribution in [3.05, 3.63) is 101 Å². The van der Waals surface area contributed by atoms with Gasteiger partial charge in [0.05, 0.1) is 6.61 Å². The summed E-state index contributed by atoms with van der Waals surface area (Å²) in [7, 11) is 1.63. The summed E-state index contributed by atoms with van der Waals surface area (Å²) in [4.78, 5) is 41.2. The average Bonchev–Trinajstić information content (AvgIpc) is 2.99. The molecule has 3 aromatic carbocycles. The van der Waals surface area contributed by atoms with Crippen LogP contribution in [0.15, 0.2) is 78.9 Å². The molecule has 0 saturated heterocycles. The summed E-state index contributed by atoms with van der Waals surface area (Å²) < 4.78 is 5.52. The number of nitrogens with two attached hydrogens (primary N) is 1. The molecule has 0 aliphatic carbocycles. The largest absolute Gasteiger partial charge is 0.494 e. The Kier molecular flexibility index (Phi) is 11.7. The van der Waals surface area contributed by atoms with Crippen LogP contribution in [-0.2, 0) is 40.3 Å². The lowest BCUT2D eigenvalue weighted by molar-refractivity contribution is -0.139. The number of likely N-dealkylation sites (N-methyl/N-ethyl adjacent to an activating group) is 1. The standard InChI is InChI=1S/C32H40N4O4/c1-4-30(37)36(3)29(20-24-15-17-27(18-16-24)40-5-2)32(39)35-28(19-23-9-7-6-8-10-23)31(38)34-22-26-13-11-25(21-33)12-14-26/h6-18,28-29H,4-5,19-22,33H2,1-3H3,(H,34,38)(H,35,39).